The predicted octanol–water partition coefficient (Wildman–Crippen LogP) is 6.82. The third kappa shape index (κ3) is 2.90. The first-order valence-corrected chi connectivity index (χ1v) is 8.71. The first kappa shape index (κ1) is 16.6. The number of fused-ring (bicyclic) bond motifs is 3. The largest absolute Gasteiger partial charge is 0.337 e. The van der Waals surface area contributed by atoms with Crippen molar-refractivity contribution in [3.05, 3.63) is 48.5 Å². The first-order valence-electron chi connectivity index (χ1n) is 8.71. The summed E-state index contributed by atoms with van der Waals surface area (Å²) in [5, 5.41) is 2.76. The highest BCUT2D eigenvalue weighted by Crippen LogP contribution is 2.35. The van der Waals surface area contributed by atoms with Crippen molar-refractivity contribution in [2.45, 2.75) is 53.5 Å². The van der Waals surface area contributed by atoms with Crippen molar-refractivity contribution in [2.24, 2.45) is 5.92 Å². The van der Waals surface area contributed by atoms with E-state index in [-0.39, 0.29) is 0 Å². The molecular formula is C21H29N. The Morgan fingerprint density at radius 3 is 1.68 bits per heavy atom. The van der Waals surface area contributed by atoms with Crippen molar-refractivity contribution in [3.63, 3.8) is 0 Å². The van der Waals surface area contributed by atoms with E-state index in [0.717, 1.165) is 0 Å². The summed E-state index contributed by atoms with van der Waals surface area (Å²) in [5.74, 6) is 0.647. The summed E-state index contributed by atoms with van der Waals surface area (Å²) >= 11 is 0. The van der Waals surface area contributed by atoms with Crippen molar-refractivity contribution >= 4 is 21.8 Å². The topological polar surface area (TPSA) is 4.93 Å². The highest BCUT2D eigenvalue weighted by atomic mass is 15.0. The number of hydrogen-bond donors (Lipinski definition) is 0. The zero-order valence-corrected chi connectivity index (χ0v) is 14.6. The maximum atomic E-state index is 2.57. The van der Waals surface area contributed by atoms with Gasteiger partial charge in [-0.2, -0.15) is 0 Å². The molecule has 1 atom stereocenters. The minimum absolute atomic E-state index is 0.574. The SMILES string of the molecule is CC.CCCC(C(C)C)n1c2ccccc2c2ccccc21. The Hall–Kier alpha value is -1.76. The van der Waals surface area contributed by atoms with Crippen LogP contribution in [-0.4, -0.2) is 4.57 Å². The lowest BCUT2D eigenvalue weighted by Gasteiger charge is -2.24. The summed E-state index contributed by atoms with van der Waals surface area (Å²) in [5.41, 5.74) is 2.75. The molecule has 0 aliphatic heterocycles. The van der Waals surface area contributed by atoms with Gasteiger partial charge in [0.1, 0.15) is 0 Å². The predicted molar refractivity (Wildman–Crippen MR) is 99.6 cm³/mol. The summed E-state index contributed by atoms with van der Waals surface area (Å²) in [7, 11) is 0. The van der Waals surface area contributed by atoms with Gasteiger partial charge in [0.2, 0.25) is 0 Å². The van der Waals surface area contributed by atoms with Crippen molar-refractivity contribution < 1.29 is 0 Å². The molecule has 2 aromatic carbocycles. The fourth-order valence-corrected chi connectivity index (χ4v) is 3.37. The second-order valence-electron chi connectivity index (χ2n) is 6.00. The molecule has 3 rings (SSSR count). The fourth-order valence-electron chi connectivity index (χ4n) is 3.37. The van der Waals surface area contributed by atoms with Gasteiger partial charge >= 0.3 is 0 Å². The molecule has 0 aliphatic carbocycles. The monoisotopic (exact) mass is 295 g/mol. The van der Waals surface area contributed by atoms with Crippen molar-refractivity contribution in [2.75, 3.05) is 0 Å². The van der Waals surface area contributed by atoms with E-state index < -0.39 is 0 Å². The number of nitrogens with zero attached hydrogens (tertiary/aromatic N) is 1. The van der Waals surface area contributed by atoms with Crippen LogP contribution in [0.25, 0.3) is 21.8 Å². The normalized spacial score (nSPS) is 12.5. The van der Waals surface area contributed by atoms with Crippen LogP contribution in [0.5, 0.6) is 0 Å². The maximum Gasteiger partial charge on any atom is 0.0494 e. The average Bonchev–Trinajstić information content (AvgIpc) is 2.89. The molecule has 3 aromatic rings. The Bertz CT molecular complexity index is 668. The van der Waals surface area contributed by atoms with Gasteiger partial charge < -0.3 is 4.57 Å². The Morgan fingerprint density at radius 1 is 0.818 bits per heavy atom. The number of benzene rings is 2. The Balaban J connectivity index is 0.000000847. The molecule has 118 valence electrons. The molecule has 0 saturated heterocycles. The quantitative estimate of drug-likeness (QED) is 0.497. The van der Waals surface area contributed by atoms with Crippen LogP contribution < -0.4 is 0 Å². The van der Waals surface area contributed by atoms with Crippen molar-refractivity contribution in [3.8, 4) is 0 Å². The van der Waals surface area contributed by atoms with E-state index in [2.05, 4.69) is 73.9 Å². The van der Waals surface area contributed by atoms with Crippen molar-refractivity contribution in [1.29, 1.82) is 0 Å². The molecule has 0 amide bonds. The molecule has 0 saturated carbocycles. The van der Waals surface area contributed by atoms with Gasteiger partial charge in [-0.05, 0) is 24.5 Å². The van der Waals surface area contributed by atoms with Crippen LogP contribution in [0.1, 0.15) is 53.5 Å². The molecule has 1 heteroatoms. The van der Waals surface area contributed by atoms with Crippen LogP contribution in [0.4, 0.5) is 0 Å². The Morgan fingerprint density at radius 2 is 1.27 bits per heavy atom. The Labute approximate surface area is 135 Å². The smallest absolute Gasteiger partial charge is 0.0494 e. The average molecular weight is 295 g/mol. The molecule has 0 radical (unpaired) electrons. The second-order valence-corrected chi connectivity index (χ2v) is 6.00. The lowest BCUT2D eigenvalue weighted by atomic mass is 9.99. The summed E-state index contributed by atoms with van der Waals surface area (Å²) in [6.45, 7) is 11.0. The number of para-hydroxylation sites is 2. The number of rotatable bonds is 4. The highest BCUT2D eigenvalue weighted by molar-refractivity contribution is 6.08. The van der Waals surface area contributed by atoms with Crippen LogP contribution in [-0.2, 0) is 0 Å². The van der Waals surface area contributed by atoms with Gasteiger partial charge in [-0.1, -0.05) is 77.4 Å². The summed E-state index contributed by atoms with van der Waals surface area (Å²) in [6, 6.07) is 18.2. The third-order valence-electron chi connectivity index (χ3n) is 4.30. The van der Waals surface area contributed by atoms with E-state index in [0.29, 0.717) is 12.0 Å². The van der Waals surface area contributed by atoms with Crippen LogP contribution in [0, 0.1) is 5.92 Å². The van der Waals surface area contributed by atoms with Gasteiger partial charge in [0.15, 0.2) is 0 Å². The summed E-state index contributed by atoms with van der Waals surface area (Å²) in [6.07, 6.45) is 2.46. The highest BCUT2D eigenvalue weighted by Gasteiger charge is 2.19. The van der Waals surface area contributed by atoms with E-state index >= 15 is 0 Å². The van der Waals surface area contributed by atoms with Crippen LogP contribution in [0.15, 0.2) is 48.5 Å². The molecule has 0 aliphatic rings. The molecule has 0 fully saturated rings. The standard InChI is InChI=1S/C19H23N.C2H6/c1-4-9-17(14(2)3)20-18-12-7-5-10-15(18)16-11-6-8-13-19(16)20;1-2/h5-8,10-14,17H,4,9H2,1-3H3;1-2H3. The van der Waals surface area contributed by atoms with E-state index in [1.54, 1.807) is 0 Å². The summed E-state index contributed by atoms with van der Waals surface area (Å²) in [4.78, 5) is 0. The molecule has 0 spiro atoms. The van der Waals surface area contributed by atoms with Gasteiger partial charge in [0.05, 0.1) is 0 Å². The zero-order chi connectivity index (χ0) is 16.1. The molecule has 22 heavy (non-hydrogen) atoms. The maximum absolute atomic E-state index is 2.57. The lowest BCUT2D eigenvalue weighted by molar-refractivity contribution is 0.367. The van der Waals surface area contributed by atoms with E-state index in [4.69, 9.17) is 0 Å². The molecule has 1 aromatic heterocycles. The fraction of sp³-hybridized carbons (Fsp3) is 0.429. The van der Waals surface area contributed by atoms with Gasteiger partial charge in [-0.3, -0.25) is 0 Å². The van der Waals surface area contributed by atoms with Crippen LogP contribution in [0.2, 0.25) is 0 Å². The molecule has 0 N–H and O–H groups in total. The van der Waals surface area contributed by atoms with E-state index in [1.165, 1.54) is 34.6 Å². The minimum atomic E-state index is 0.574. The molecular weight excluding hydrogens is 266 g/mol. The molecule has 1 unspecified atom stereocenters. The second kappa shape index (κ2) is 7.49. The zero-order valence-electron chi connectivity index (χ0n) is 14.6. The first-order chi connectivity index (χ1) is 10.7. The number of hydrogen-bond acceptors (Lipinski definition) is 0. The van der Waals surface area contributed by atoms with Gasteiger partial charge in [0, 0.05) is 27.8 Å². The molecule has 1 nitrogen and oxygen atoms in total. The van der Waals surface area contributed by atoms with Crippen molar-refractivity contribution in [1.82, 2.24) is 4.57 Å². The van der Waals surface area contributed by atoms with Crippen LogP contribution in [0.3, 0.4) is 0 Å². The molecule has 1 heterocycles. The third-order valence-corrected chi connectivity index (χ3v) is 4.30. The minimum Gasteiger partial charge on any atom is -0.337 e. The number of aromatic nitrogens is 1. The van der Waals surface area contributed by atoms with Gasteiger partial charge in [-0.25, -0.2) is 0 Å². The van der Waals surface area contributed by atoms with Crippen LogP contribution >= 0.6 is 0 Å². The van der Waals surface area contributed by atoms with E-state index in [9.17, 15) is 0 Å². The Kier molecular flexibility index (Phi) is 5.65. The lowest BCUT2D eigenvalue weighted by Crippen LogP contribution is -2.14. The van der Waals surface area contributed by atoms with Gasteiger partial charge in [-0.15, -0.1) is 0 Å². The molecule has 0 bridgehead atoms. The van der Waals surface area contributed by atoms with E-state index in [1.807, 2.05) is 13.8 Å². The summed E-state index contributed by atoms with van der Waals surface area (Å²) < 4.78 is 2.57. The van der Waals surface area contributed by atoms with Gasteiger partial charge in [0.25, 0.3) is 0 Å².